The molecule has 94 valence electrons. The molecule has 0 aliphatic carbocycles. The summed E-state index contributed by atoms with van der Waals surface area (Å²) in [5, 5.41) is 9.49. The standard InChI is InChI=1S/C14H26O2/c1-5-6-7-8-9-12(2)10-11-13(15)14(3,4)16/h5-6,12,16H,7-11H2,1-4H3. The molecule has 0 aromatic heterocycles. The van der Waals surface area contributed by atoms with Crippen molar-refractivity contribution in [1.82, 2.24) is 0 Å². The lowest BCUT2D eigenvalue weighted by Gasteiger charge is -2.17. The maximum absolute atomic E-state index is 11.5. The molecule has 0 amide bonds. The van der Waals surface area contributed by atoms with Gasteiger partial charge in [0.05, 0.1) is 0 Å². The molecule has 0 rings (SSSR count). The van der Waals surface area contributed by atoms with Crippen LogP contribution >= 0.6 is 0 Å². The summed E-state index contributed by atoms with van der Waals surface area (Å²) >= 11 is 0. The Morgan fingerprint density at radius 1 is 1.38 bits per heavy atom. The predicted octanol–water partition coefficient (Wildman–Crippen LogP) is 3.49. The fourth-order valence-electron chi connectivity index (χ4n) is 1.58. The van der Waals surface area contributed by atoms with Crippen molar-refractivity contribution in [3.8, 4) is 0 Å². The minimum Gasteiger partial charge on any atom is -0.383 e. The van der Waals surface area contributed by atoms with Crippen LogP contribution in [0, 0.1) is 5.92 Å². The Hall–Kier alpha value is -0.630. The quantitative estimate of drug-likeness (QED) is 0.508. The summed E-state index contributed by atoms with van der Waals surface area (Å²) in [5.41, 5.74) is -1.16. The third-order valence-electron chi connectivity index (χ3n) is 2.85. The number of hydrogen-bond donors (Lipinski definition) is 1. The summed E-state index contributed by atoms with van der Waals surface area (Å²) < 4.78 is 0. The van der Waals surface area contributed by atoms with Gasteiger partial charge in [0.25, 0.3) is 0 Å². The SMILES string of the molecule is CC=CCCCC(C)CCC(=O)C(C)(C)O. The number of allylic oxidation sites excluding steroid dienone is 2. The Kier molecular flexibility index (Phi) is 7.31. The van der Waals surface area contributed by atoms with Crippen LogP contribution in [0.5, 0.6) is 0 Å². The Labute approximate surface area is 99.7 Å². The van der Waals surface area contributed by atoms with Gasteiger partial charge in [-0.25, -0.2) is 0 Å². The Morgan fingerprint density at radius 3 is 2.50 bits per heavy atom. The molecule has 2 nitrogen and oxygen atoms in total. The maximum atomic E-state index is 11.5. The molecule has 0 aliphatic heterocycles. The van der Waals surface area contributed by atoms with Gasteiger partial charge in [0, 0.05) is 6.42 Å². The van der Waals surface area contributed by atoms with Crippen molar-refractivity contribution in [2.24, 2.45) is 5.92 Å². The van der Waals surface area contributed by atoms with Gasteiger partial charge in [0.1, 0.15) is 5.60 Å². The molecule has 0 spiro atoms. The van der Waals surface area contributed by atoms with Gasteiger partial charge in [-0.15, -0.1) is 0 Å². The third kappa shape index (κ3) is 7.63. The van der Waals surface area contributed by atoms with E-state index in [1.54, 1.807) is 13.8 Å². The zero-order chi connectivity index (χ0) is 12.6. The van der Waals surface area contributed by atoms with E-state index in [1.807, 2.05) is 6.92 Å². The van der Waals surface area contributed by atoms with Crippen molar-refractivity contribution in [2.45, 2.75) is 65.4 Å². The molecule has 0 aliphatic rings. The number of carbonyl (C=O) groups excluding carboxylic acids is 1. The lowest BCUT2D eigenvalue weighted by molar-refractivity contribution is -0.134. The van der Waals surface area contributed by atoms with E-state index in [4.69, 9.17) is 0 Å². The first-order valence-electron chi connectivity index (χ1n) is 6.24. The first-order chi connectivity index (χ1) is 7.38. The van der Waals surface area contributed by atoms with Gasteiger partial charge >= 0.3 is 0 Å². The molecule has 0 radical (unpaired) electrons. The van der Waals surface area contributed by atoms with Crippen LogP contribution in [0.1, 0.15) is 59.8 Å². The monoisotopic (exact) mass is 226 g/mol. The van der Waals surface area contributed by atoms with Gasteiger partial charge in [0.15, 0.2) is 5.78 Å². The summed E-state index contributed by atoms with van der Waals surface area (Å²) in [6, 6.07) is 0. The van der Waals surface area contributed by atoms with Crippen molar-refractivity contribution in [3.05, 3.63) is 12.2 Å². The third-order valence-corrected chi connectivity index (χ3v) is 2.85. The van der Waals surface area contributed by atoms with E-state index in [0.717, 1.165) is 19.3 Å². The predicted molar refractivity (Wildman–Crippen MR) is 68.4 cm³/mol. The van der Waals surface area contributed by atoms with E-state index in [1.165, 1.54) is 6.42 Å². The van der Waals surface area contributed by atoms with Gasteiger partial charge in [-0.05, 0) is 46.0 Å². The number of ketones is 1. The summed E-state index contributed by atoms with van der Waals surface area (Å²) in [7, 11) is 0. The van der Waals surface area contributed by atoms with Crippen LogP contribution in [0.2, 0.25) is 0 Å². The zero-order valence-corrected chi connectivity index (χ0v) is 11.1. The van der Waals surface area contributed by atoms with Crippen LogP contribution < -0.4 is 0 Å². The molecule has 2 heteroatoms. The number of hydrogen-bond acceptors (Lipinski definition) is 2. The molecular formula is C14H26O2. The summed E-state index contributed by atoms with van der Waals surface area (Å²) in [6.45, 7) is 7.33. The number of aliphatic hydroxyl groups is 1. The highest BCUT2D eigenvalue weighted by atomic mass is 16.3. The van der Waals surface area contributed by atoms with Crippen LogP contribution in [0.4, 0.5) is 0 Å². The van der Waals surface area contributed by atoms with E-state index in [-0.39, 0.29) is 5.78 Å². The minimum atomic E-state index is -1.16. The van der Waals surface area contributed by atoms with Gasteiger partial charge in [-0.3, -0.25) is 4.79 Å². The average Bonchev–Trinajstić information content (AvgIpc) is 2.19. The molecule has 1 N–H and O–H groups in total. The van der Waals surface area contributed by atoms with Gasteiger partial charge in [-0.2, -0.15) is 0 Å². The fourth-order valence-corrected chi connectivity index (χ4v) is 1.58. The van der Waals surface area contributed by atoms with Crippen LogP contribution in [0.3, 0.4) is 0 Å². The second kappa shape index (κ2) is 7.61. The van der Waals surface area contributed by atoms with E-state index >= 15 is 0 Å². The molecule has 1 unspecified atom stereocenters. The van der Waals surface area contributed by atoms with Crippen LogP contribution in [-0.2, 0) is 4.79 Å². The van der Waals surface area contributed by atoms with Crippen LogP contribution in [0.15, 0.2) is 12.2 Å². The maximum Gasteiger partial charge on any atom is 0.163 e. The molecule has 1 atom stereocenters. The number of rotatable bonds is 8. The molecule has 0 fully saturated rings. The van der Waals surface area contributed by atoms with Gasteiger partial charge in [-0.1, -0.05) is 25.5 Å². The normalized spacial score (nSPS) is 14.3. The summed E-state index contributed by atoms with van der Waals surface area (Å²) in [5.74, 6) is 0.518. The lowest BCUT2D eigenvalue weighted by Crippen LogP contribution is -2.31. The molecule has 0 aromatic carbocycles. The molecule has 0 saturated carbocycles. The Balaban J connectivity index is 3.65. The number of carbonyl (C=O) groups is 1. The van der Waals surface area contributed by atoms with Crippen molar-refractivity contribution < 1.29 is 9.90 Å². The molecule has 0 saturated heterocycles. The lowest BCUT2D eigenvalue weighted by atomic mass is 9.93. The molecule has 0 heterocycles. The molecule has 16 heavy (non-hydrogen) atoms. The fraction of sp³-hybridized carbons (Fsp3) is 0.786. The van der Waals surface area contributed by atoms with Crippen molar-refractivity contribution in [1.29, 1.82) is 0 Å². The van der Waals surface area contributed by atoms with E-state index in [9.17, 15) is 9.90 Å². The molecule has 0 aromatic rings. The molecule has 0 bridgehead atoms. The summed E-state index contributed by atoms with van der Waals surface area (Å²) in [6.07, 6.45) is 9.09. The topological polar surface area (TPSA) is 37.3 Å². The van der Waals surface area contributed by atoms with E-state index < -0.39 is 5.60 Å². The first-order valence-corrected chi connectivity index (χ1v) is 6.24. The first kappa shape index (κ1) is 15.4. The highest BCUT2D eigenvalue weighted by Gasteiger charge is 2.23. The minimum absolute atomic E-state index is 0.0483. The average molecular weight is 226 g/mol. The van der Waals surface area contributed by atoms with Gasteiger partial charge < -0.3 is 5.11 Å². The van der Waals surface area contributed by atoms with Crippen molar-refractivity contribution in [3.63, 3.8) is 0 Å². The number of unbranched alkanes of at least 4 members (excludes halogenated alkanes) is 1. The smallest absolute Gasteiger partial charge is 0.163 e. The van der Waals surface area contributed by atoms with Gasteiger partial charge in [0.2, 0.25) is 0 Å². The van der Waals surface area contributed by atoms with Crippen LogP contribution in [-0.4, -0.2) is 16.5 Å². The van der Waals surface area contributed by atoms with Crippen molar-refractivity contribution in [2.75, 3.05) is 0 Å². The largest absolute Gasteiger partial charge is 0.383 e. The highest BCUT2D eigenvalue weighted by molar-refractivity contribution is 5.86. The Morgan fingerprint density at radius 2 is 2.00 bits per heavy atom. The summed E-state index contributed by atoms with van der Waals surface area (Å²) in [4.78, 5) is 11.5. The van der Waals surface area contributed by atoms with E-state index in [0.29, 0.717) is 12.3 Å². The Bertz CT molecular complexity index is 223. The van der Waals surface area contributed by atoms with Crippen molar-refractivity contribution >= 4 is 5.78 Å². The zero-order valence-electron chi connectivity index (χ0n) is 11.1. The second-order valence-electron chi connectivity index (χ2n) is 5.13. The second-order valence-corrected chi connectivity index (χ2v) is 5.13. The van der Waals surface area contributed by atoms with Crippen LogP contribution in [0.25, 0.3) is 0 Å². The van der Waals surface area contributed by atoms with E-state index in [2.05, 4.69) is 19.1 Å². The number of Topliss-reactive ketones (excluding diaryl/α,β-unsaturated/α-hetero) is 1. The molecular weight excluding hydrogens is 200 g/mol. The highest BCUT2D eigenvalue weighted by Crippen LogP contribution is 2.17.